The number of anilines is 1. The molecule has 1 amide bonds. The molecule has 1 unspecified atom stereocenters. The summed E-state index contributed by atoms with van der Waals surface area (Å²) in [5.41, 5.74) is 1.58. The summed E-state index contributed by atoms with van der Waals surface area (Å²) in [6.07, 6.45) is 3.09. The first-order chi connectivity index (χ1) is 9.72. The Bertz CT molecular complexity index is 456. The molecule has 2 heterocycles. The normalized spacial score (nSPS) is 18.0. The summed E-state index contributed by atoms with van der Waals surface area (Å²) in [6, 6.07) is 3.65. The van der Waals surface area contributed by atoms with Gasteiger partial charge in [0.1, 0.15) is 5.82 Å². The Morgan fingerprint density at radius 2 is 2.30 bits per heavy atom. The van der Waals surface area contributed by atoms with Crippen molar-refractivity contribution in [3.05, 3.63) is 23.4 Å². The summed E-state index contributed by atoms with van der Waals surface area (Å²) in [5.74, 6) is 0.700. The van der Waals surface area contributed by atoms with E-state index in [1.165, 1.54) is 0 Å². The summed E-state index contributed by atoms with van der Waals surface area (Å²) in [6.45, 7) is 6.22. The molecule has 1 fully saturated rings. The molecule has 0 aromatic carbocycles. The van der Waals surface area contributed by atoms with E-state index in [0.717, 1.165) is 43.9 Å². The predicted octanol–water partition coefficient (Wildman–Crippen LogP) is 1.98. The highest BCUT2D eigenvalue weighted by Crippen LogP contribution is 2.13. The lowest BCUT2D eigenvalue weighted by molar-refractivity contribution is 0.0857. The Labute approximate surface area is 120 Å². The Morgan fingerprint density at radius 3 is 2.95 bits per heavy atom. The maximum absolute atomic E-state index is 12.2. The molecule has 1 aromatic heterocycles. The van der Waals surface area contributed by atoms with E-state index in [9.17, 15) is 4.79 Å². The standard InChI is InChI=1S/C15H23N3O2/c1-3-12-8-11(9-14(18-12)16-4-2)15(19)17-10-13-6-5-7-20-13/h8-9,13H,3-7,10H2,1-2H3,(H,16,18)(H,17,19). The van der Waals surface area contributed by atoms with Crippen LogP contribution in [0.1, 0.15) is 42.7 Å². The van der Waals surface area contributed by atoms with Crippen molar-refractivity contribution in [3.8, 4) is 0 Å². The van der Waals surface area contributed by atoms with E-state index in [1.54, 1.807) is 6.07 Å². The van der Waals surface area contributed by atoms with Gasteiger partial charge in [-0.15, -0.1) is 0 Å². The molecule has 0 radical (unpaired) electrons. The van der Waals surface area contributed by atoms with Crippen LogP contribution in [0.15, 0.2) is 12.1 Å². The van der Waals surface area contributed by atoms with Gasteiger partial charge in [0, 0.05) is 31.0 Å². The van der Waals surface area contributed by atoms with Crippen molar-refractivity contribution in [3.63, 3.8) is 0 Å². The van der Waals surface area contributed by atoms with E-state index in [0.29, 0.717) is 12.1 Å². The zero-order valence-corrected chi connectivity index (χ0v) is 12.2. The van der Waals surface area contributed by atoms with Gasteiger partial charge in [-0.25, -0.2) is 4.98 Å². The third-order valence-corrected chi connectivity index (χ3v) is 3.37. The number of nitrogens with one attached hydrogen (secondary N) is 2. The molecule has 110 valence electrons. The summed E-state index contributed by atoms with van der Waals surface area (Å²) >= 11 is 0. The topological polar surface area (TPSA) is 63.2 Å². The van der Waals surface area contributed by atoms with Crippen LogP contribution in [0.5, 0.6) is 0 Å². The van der Waals surface area contributed by atoms with Crippen LogP contribution >= 0.6 is 0 Å². The quantitative estimate of drug-likeness (QED) is 0.834. The highest BCUT2D eigenvalue weighted by molar-refractivity contribution is 5.95. The van der Waals surface area contributed by atoms with Crippen LogP contribution in [0.2, 0.25) is 0 Å². The number of carbonyl (C=O) groups is 1. The lowest BCUT2D eigenvalue weighted by Gasteiger charge is -2.12. The predicted molar refractivity (Wildman–Crippen MR) is 79.1 cm³/mol. The van der Waals surface area contributed by atoms with E-state index in [1.807, 2.05) is 19.9 Å². The van der Waals surface area contributed by atoms with E-state index in [4.69, 9.17) is 4.74 Å². The molecular formula is C15H23N3O2. The molecule has 1 aliphatic heterocycles. The number of ether oxygens (including phenoxy) is 1. The second-order valence-electron chi connectivity index (χ2n) is 4.96. The smallest absolute Gasteiger partial charge is 0.251 e. The summed E-state index contributed by atoms with van der Waals surface area (Å²) < 4.78 is 5.51. The van der Waals surface area contributed by atoms with Crippen LogP contribution in [0.3, 0.4) is 0 Å². The largest absolute Gasteiger partial charge is 0.376 e. The van der Waals surface area contributed by atoms with Crippen molar-refractivity contribution < 1.29 is 9.53 Å². The number of pyridine rings is 1. The zero-order chi connectivity index (χ0) is 14.4. The van der Waals surface area contributed by atoms with Crippen LogP contribution in [0, 0.1) is 0 Å². The molecule has 1 saturated heterocycles. The minimum Gasteiger partial charge on any atom is -0.376 e. The molecule has 5 heteroatoms. The fourth-order valence-corrected chi connectivity index (χ4v) is 2.29. The van der Waals surface area contributed by atoms with Crippen molar-refractivity contribution in [2.75, 3.05) is 25.0 Å². The molecule has 2 N–H and O–H groups in total. The second kappa shape index (κ2) is 7.24. The average Bonchev–Trinajstić information content (AvgIpc) is 2.98. The van der Waals surface area contributed by atoms with Gasteiger partial charge in [0.15, 0.2) is 0 Å². The molecule has 20 heavy (non-hydrogen) atoms. The second-order valence-corrected chi connectivity index (χ2v) is 4.96. The van der Waals surface area contributed by atoms with Gasteiger partial charge in [0.05, 0.1) is 6.10 Å². The zero-order valence-electron chi connectivity index (χ0n) is 12.2. The third kappa shape index (κ3) is 3.93. The lowest BCUT2D eigenvalue weighted by Crippen LogP contribution is -2.31. The molecular weight excluding hydrogens is 254 g/mol. The maximum atomic E-state index is 12.2. The highest BCUT2D eigenvalue weighted by atomic mass is 16.5. The third-order valence-electron chi connectivity index (χ3n) is 3.37. The molecule has 0 bridgehead atoms. The van der Waals surface area contributed by atoms with Crippen molar-refractivity contribution >= 4 is 11.7 Å². The monoisotopic (exact) mass is 277 g/mol. The minimum atomic E-state index is -0.0586. The molecule has 1 atom stereocenters. The molecule has 0 spiro atoms. The van der Waals surface area contributed by atoms with Gasteiger partial charge in [-0.2, -0.15) is 0 Å². The van der Waals surface area contributed by atoms with Gasteiger partial charge in [-0.05, 0) is 38.3 Å². The van der Waals surface area contributed by atoms with Gasteiger partial charge in [0.25, 0.3) is 5.91 Å². The van der Waals surface area contributed by atoms with E-state index < -0.39 is 0 Å². The maximum Gasteiger partial charge on any atom is 0.251 e. The Morgan fingerprint density at radius 1 is 1.45 bits per heavy atom. The fraction of sp³-hybridized carbons (Fsp3) is 0.600. The summed E-state index contributed by atoms with van der Waals surface area (Å²) in [4.78, 5) is 16.6. The number of nitrogens with zero attached hydrogens (tertiary/aromatic N) is 1. The number of carbonyl (C=O) groups excluding carboxylic acids is 1. The minimum absolute atomic E-state index is 0.0586. The van der Waals surface area contributed by atoms with Crippen molar-refractivity contribution in [1.29, 1.82) is 0 Å². The van der Waals surface area contributed by atoms with Crippen LogP contribution in [0.4, 0.5) is 5.82 Å². The van der Waals surface area contributed by atoms with Gasteiger partial charge in [-0.3, -0.25) is 4.79 Å². The number of rotatable bonds is 6. The first-order valence-electron chi connectivity index (χ1n) is 7.37. The SMILES string of the molecule is CCNc1cc(C(=O)NCC2CCCO2)cc(CC)n1. The summed E-state index contributed by atoms with van der Waals surface area (Å²) in [7, 11) is 0. The van der Waals surface area contributed by atoms with Crippen LogP contribution in [-0.2, 0) is 11.2 Å². The number of aromatic nitrogens is 1. The Kier molecular flexibility index (Phi) is 5.35. The molecule has 0 aliphatic carbocycles. The molecule has 2 rings (SSSR count). The van der Waals surface area contributed by atoms with E-state index >= 15 is 0 Å². The fourth-order valence-electron chi connectivity index (χ4n) is 2.29. The van der Waals surface area contributed by atoms with Gasteiger partial charge < -0.3 is 15.4 Å². The number of hydrogen-bond acceptors (Lipinski definition) is 4. The van der Waals surface area contributed by atoms with Crippen LogP contribution in [0.25, 0.3) is 0 Å². The van der Waals surface area contributed by atoms with Crippen LogP contribution < -0.4 is 10.6 Å². The van der Waals surface area contributed by atoms with Gasteiger partial charge in [0.2, 0.25) is 0 Å². The first-order valence-corrected chi connectivity index (χ1v) is 7.37. The summed E-state index contributed by atoms with van der Waals surface area (Å²) in [5, 5.41) is 6.10. The highest BCUT2D eigenvalue weighted by Gasteiger charge is 2.17. The molecule has 1 aromatic rings. The van der Waals surface area contributed by atoms with Crippen molar-refractivity contribution in [2.24, 2.45) is 0 Å². The van der Waals surface area contributed by atoms with Crippen LogP contribution in [-0.4, -0.2) is 36.7 Å². The van der Waals surface area contributed by atoms with Crippen molar-refractivity contribution in [1.82, 2.24) is 10.3 Å². The van der Waals surface area contributed by atoms with Crippen molar-refractivity contribution in [2.45, 2.75) is 39.2 Å². The number of hydrogen-bond donors (Lipinski definition) is 2. The van der Waals surface area contributed by atoms with Gasteiger partial charge >= 0.3 is 0 Å². The first kappa shape index (κ1) is 14.8. The van der Waals surface area contributed by atoms with E-state index in [2.05, 4.69) is 15.6 Å². The Hall–Kier alpha value is -1.62. The number of aryl methyl sites for hydroxylation is 1. The number of amides is 1. The van der Waals surface area contributed by atoms with Gasteiger partial charge in [-0.1, -0.05) is 6.92 Å². The lowest BCUT2D eigenvalue weighted by atomic mass is 10.1. The Balaban J connectivity index is 2.01. The molecule has 1 aliphatic rings. The van der Waals surface area contributed by atoms with E-state index in [-0.39, 0.29) is 12.0 Å². The average molecular weight is 277 g/mol. The molecule has 0 saturated carbocycles. The molecule has 5 nitrogen and oxygen atoms in total.